The van der Waals surface area contributed by atoms with Crippen LogP contribution in [0.4, 0.5) is 0 Å². The molecule has 1 aliphatic heterocycles. The van der Waals surface area contributed by atoms with Gasteiger partial charge in [0, 0.05) is 7.11 Å². The van der Waals surface area contributed by atoms with Crippen LogP contribution in [-0.4, -0.2) is 45.6 Å². The molecular weight excluding hydrogens is 260 g/mol. The number of carbonyl (C=O) groups excluding carboxylic acids is 1. The second-order valence-electron chi connectivity index (χ2n) is 4.74. The van der Waals surface area contributed by atoms with Crippen LogP contribution in [0.2, 0.25) is 0 Å². The Bertz CT molecular complexity index is 420. The van der Waals surface area contributed by atoms with E-state index in [0.717, 1.165) is 5.75 Å². The van der Waals surface area contributed by atoms with Crippen LogP contribution in [0.3, 0.4) is 0 Å². The van der Waals surface area contributed by atoms with E-state index in [4.69, 9.17) is 18.9 Å². The molecule has 0 aromatic heterocycles. The fourth-order valence-electron chi connectivity index (χ4n) is 2.36. The zero-order chi connectivity index (χ0) is 14.4. The molecule has 1 aliphatic rings. The van der Waals surface area contributed by atoms with Crippen molar-refractivity contribution in [2.24, 2.45) is 5.92 Å². The lowest BCUT2D eigenvalue weighted by atomic mass is 10.00. The summed E-state index contributed by atoms with van der Waals surface area (Å²) in [5, 5.41) is 0. The molecule has 110 valence electrons. The molecule has 0 amide bonds. The fraction of sp³-hybridized carbons (Fsp3) is 0.533. The van der Waals surface area contributed by atoms with E-state index in [2.05, 4.69) is 0 Å². The fourth-order valence-corrected chi connectivity index (χ4v) is 2.36. The van der Waals surface area contributed by atoms with Gasteiger partial charge in [-0.1, -0.05) is 18.2 Å². The molecule has 3 atom stereocenters. The van der Waals surface area contributed by atoms with Crippen molar-refractivity contribution in [1.82, 2.24) is 0 Å². The normalized spacial score (nSPS) is 25.4. The van der Waals surface area contributed by atoms with Crippen LogP contribution in [0, 0.1) is 5.92 Å². The van der Waals surface area contributed by atoms with Crippen LogP contribution >= 0.6 is 0 Å². The zero-order valence-corrected chi connectivity index (χ0v) is 11.8. The molecule has 0 aliphatic carbocycles. The van der Waals surface area contributed by atoms with Gasteiger partial charge in [0.15, 0.2) is 0 Å². The average Bonchev–Trinajstić information content (AvgIpc) is 2.89. The standard InChI is InChI=1S/C15H20O5/c1-17-10-14-13(15(16)18-2)8-12(20-14)9-19-11-6-4-3-5-7-11/h3-7,12-14H,8-10H2,1-2H3/t12-,13+,14-/m1/s1. The zero-order valence-electron chi connectivity index (χ0n) is 11.8. The Balaban J connectivity index is 1.89. The summed E-state index contributed by atoms with van der Waals surface area (Å²) >= 11 is 0. The number of hydrogen-bond donors (Lipinski definition) is 0. The van der Waals surface area contributed by atoms with E-state index in [1.807, 2.05) is 30.3 Å². The largest absolute Gasteiger partial charge is 0.491 e. The average molecular weight is 280 g/mol. The van der Waals surface area contributed by atoms with E-state index in [1.165, 1.54) is 7.11 Å². The van der Waals surface area contributed by atoms with Crippen LogP contribution in [0.5, 0.6) is 5.75 Å². The van der Waals surface area contributed by atoms with Crippen molar-refractivity contribution in [2.45, 2.75) is 18.6 Å². The number of esters is 1. The first-order chi connectivity index (χ1) is 9.74. The van der Waals surface area contributed by atoms with E-state index >= 15 is 0 Å². The molecule has 1 heterocycles. The van der Waals surface area contributed by atoms with E-state index in [-0.39, 0.29) is 24.1 Å². The van der Waals surface area contributed by atoms with Gasteiger partial charge in [-0.2, -0.15) is 0 Å². The van der Waals surface area contributed by atoms with Gasteiger partial charge in [-0.15, -0.1) is 0 Å². The Hall–Kier alpha value is -1.59. The summed E-state index contributed by atoms with van der Waals surface area (Å²) in [6, 6.07) is 9.53. The summed E-state index contributed by atoms with van der Waals surface area (Å²) in [5.41, 5.74) is 0. The van der Waals surface area contributed by atoms with Gasteiger partial charge in [0.05, 0.1) is 31.8 Å². The number of ether oxygens (including phenoxy) is 4. The Labute approximate surface area is 118 Å². The highest BCUT2D eigenvalue weighted by Gasteiger charge is 2.40. The van der Waals surface area contributed by atoms with Crippen molar-refractivity contribution in [1.29, 1.82) is 0 Å². The van der Waals surface area contributed by atoms with Gasteiger partial charge >= 0.3 is 5.97 Å². The lowest BCUT2D eigenvalue weighted by Gasteiger charge is -2.15. The minimum Gasteiger partial charge on any atom is -0.491 e. The molecule has 0 saturated carbocycles. The van der Waals surface area contributed by atoms with Crippen molar-refractivity contribution < 1.29 is 23.7 Å². The predicted molar refractivity (Wildman–Crippen MR) is 72.6 cm³/mol. The first-order valence-corrected chi connectivity index (χ1v) is 6.64. The van der Waals surface area contributed by atoms with Crippen molar-refractivity contribution >= 4 is 5.97 Å². The maximum Gasteiger partial charge on any atom is 0.311 e. The maximum atomic E-state index is 11.7. The highest BCUT2D eigenvalue weighted by atomic mass is 16.6. The number of rotatable bonds is 6. The number of methoxy groups -OCH3 is 2. The third-order valence-corrected chi connectivity index (χ3v) is 3.35. The quantitative estimate of drug-likeness (QED) is 0.742. The van der Waals surface area contributed by atoms with Gasteiger partial charge in [-0.05, 0) is 18.6 Å². The molecule has 2 rings (SSSR count). The summed E-state index contributed by atoms with van der Waals surface area (Å²) in [5.74, 6) is 0.250. The second kappa shape index (κ2) is 7.26. The summed E-state index contributed by atoms with van der Waals surface area (Å²) < 4.78 is 21.4. The van der Waals surface area contributed by atoms with Crippen molar-refractivity contribution in [2.75, 3.05) is 27.4 Å². The minimum absolute atomic E-state index is 0.126. The van der Waals surface area contributed by atoms with Gasteiger partial charge in [0.2, 0.25) is 0 Å². The molecule has 20 heavy (non-hydrogen) atoms. The third-order valence-electron chi connectivity index (χ3n) is 3.35. The first-order valence-electron chi connectivity index (χ1n) is 6.64. The second-order valence-corrected chi connectivity index (χ2v) is 4.74. The number of para-hydroxylation sites is 1. The molecule has 1 aromatic carbocycles. The molecule has 1 aromatic rings. The molecule has 0 bridgehead atoms. The topological polar surface area (TPSA) is 54.0 Å². The molecule has 5 heteroatoms. The molecule has 5 nitrogen and oxygen atoms in total. The number of hydrogen-bond acceptors (Lipinski definition) is 5. The van der Waals surface area contributed by atoms with E-state index in [9.17, 15) is 4.79 Å². The summed E-state index contributed by atoms with van der Waals surface area (Å²) in [4.78, 5) is 11.7. The monoisotopic (exact) mass is 280 g/mol. The van der Waals surface area contributed by atoms with E-state index in [0.29, 0.717) is 19.6 Å². The third kappa shape index (κ3) is 3.71. The van der Waals surface area contributed by atoms with Crippen LogP contribution in [0.15, 0.2) is 30.3 Å². The van der Waals surface area contributed by atoms with Gasteiger partial charge in [-0.3, -0.25) is 4.79 Å². The predicted octanol–water partition coefficient (Wildman–Crippen LogP) is 1.66. The molecular formula is C15H20O5. The highest BCUT2D eigenvalue weighted by Crippen LogP contribution is 2.28. The van der Waals surface area contributed by atoms with Crippen LogP contribution in [-0.2, 0) is 19.0 Å². The van der Waals surface area contributed by atoms with Crippen LogP contribution in [0.25, 0.3) is 0 Å². The van der Waals surface area contributed by atoms with Crippen molar-refractivity contribution in [3.63, 3.8) is 0 Å². The number of benzene rings is 1. The summed E-state index contributed by atoms with van der Waals surface area (Å²) in [6.45, 7) is 0.791. The van der Waals surface area contributed by atoms with Gasteiger partial charge < -0.3 is 18.9 Å². The van der Waals surface area contributed by atoms with Crippen LogP contribution in [0.1, 0.15) is 6.42 Å². The summed E-state index contributed by atoms with van der Waals surface area (Å²) in [7, 11) is 2.98. The van der Waals surface area contributed by atoms with Gasteiger partial charge in [0.25, 0.3) is 0 Å². The Kier molecular flexibility index (Phi) is 5.38. The van der Waals surface area contributed by atoms with E-state index in [1.54, 1.807) is 7.11 Å². The Morgan fingerprint density at radius 1 is 1.25 bits per heavy atom. The Morgan fingerprint density at radius 2 is 2.00 bits per heavy atom. The minimum atomic E-state index is -0.288. The molecule has 0 radical (unpaired) electrons. The first kappa shape index (κ1) is 14.8. The van der Waals surface area contributed by atoms with Crippen molar-refractivity contribution in [3.8, 4) is 5.75 Å². The molecule has 0 unspecified atom stereocenters. The molecule has 0 N–H and O–H groups in total. The lowest BCUT2D eigenvalue weighted by molar-refractivity contribution is -0.148. The Morgan fingerprint density at radius 3 is 2.65 bits per heavy atom. The highest BCUT2D eigenvalue weighted by molar-refractivity contribution is 5.73. The molecule has 1 saturated heterocycles. The van der Waals surface area contributed by atoms with Crippen molar-refractivity contribution in [3.05, 3.63) is 30.3 Å². The van der Waals surface area contributed by atoms with Gasteiger partial charge in [0.1, 0.15) is 12.4 Å². The SMILES string of the molecule is COC[C@H]1O[C@@H](COc2ccccc2)C[C@@H]1C(=O)OC. The smallest absolute Gasteiger partial charge is 0.311 e. The molecule has 0 spiro atoms. The lowest BCUT2D eigenvalue weighted by Crippen LogP contribution is -2.29. The summed E-state index contributed by atoms with van der Waals surface area (Å²) in [6.07, 6.45) is 0.198. The maximum absolute atomic E-state index is 11.7. The van der Waals surface area contributed by atoms with Crippen LogP contribution < -0.4 is 4.74 Å². The van der Waals surface area contributed by atoms with E-state index < -0.39 is 0 Å². The molecule has 1 fully saturated rings. The number of carbonyl (C=O) groups is 1. The van der Waals surface area contributed by atoms with Gasteiger partial charge in [-0.25, -0.2) is 0 Å².